The number of nitrogens with two attached hydrogens (primary N) is 1. The molecule has 1 heterocycles. The summed E-state index contributed by atoms with van der Waals surface area (Å²) in [5.74, 6) is 0.204. The van der Waals surface area contributed by atoms with Crippen LogP contribution in [-0.4, -0.2) is 21.2 Å². The van der Waals surface area contributed by atoms with E-state index in [1.165, 1.54) is 0 Å². The summed E-state index contributed by atoms with van der Waals surface area (Å²) in [7, 11) is 0. The summed E-state index contributed by atoms with van der Waals surface area (Å²) in [5, 5.41) is 9.93. The van der Waals surface area contributed by atoms with Gasteiger partial charge in [0.1, 0.15) is 5.75 Å². The number of fused-ring (bicyclic) bond motifs is 1. The maximum absolute atomic E-state index is 10.9. The summed E-state index contributed by atoms with van der Waals surface area (Å²) in [6.45, 7) is 0. The van der Waals surface area contributed by atoms with E-state index < -0.39 is 6.04 Å². The average Bonchev–Trinajstić information content (AvgIpc) is 2.60. The van der Waals surface area contributed by atoms with Crippen molar-refractivity contribution < 1.29 is 9.90 Å². The smallest absolute Gasteiger partial charge is 0.202 e. The minimum absolute atomic E-state index is 0.204. The molecular weight excluding hydrogens is 224 g/mol. The van der Waals surface area contributed by atoms with Crippen molar-refractivity contribution in [3.05, 3.63) is 30.0 Å². The number of hydrogen-bond donors (Lipinski definition) is 4. The van der Waals surface area contributed by atoms with Crippen LogP contribution in [0, 0.1) is 0 Å². The standard InChI is InChI=1S/C11H12N2O2S/c12-9(11(15)16)3-6-5-13-10-4-7(14)1-2-8(6)10/h1-2,4-5,9,13-14H,3,12H2,(H,15,16)/t9-/m0/s1. The normalized spacial score (nSPS) is 12.9. The molecule has 1 aromatic carbocycles. The summed E-state index contributed by atoms with van der Waals surface area (Å²) < 4.78 is 0. The van der Waals surface area contributed by atoms with E-state index >= 15 is 0 Å². The fourth-order valence-electron chi connectivity index (χ4n) is 1.67. The molecule has 5 heteroatoms. The molecule has 0 unspecified atom stereocenters. The first-order valence-electron chi connectivity index (χ1n) is 4.85. The van der Waals surface area contributed by atoms with Gasteiger partial charge in [0, 0.05) is 23.2 Å². The molecule has 0 saturated heterocycles. The topological polar surface area (TPSA) is 79.1 Å². The van der Waals surface area contributed by atoms with Gasteiger partial charge in [-0.3, -0.25) is 4.79 Å². The van der Waals surface area contributed by atoms with Crippen LogP contribution >= 0.6 is 12.6 Å². The number of benzene rings is 1. The Kier molecular flexibility index (Phi) is 2.89. The van der Waals surface area contributed by atoms with Gasteiger partial charge in [0.15, 0.2) is 0 Å². The number of carbonyl (C=O) groups is 1. The van der Waals surface area contributed by atoms with E-state index in [1.807, 2.05) is 0 Å². The molecule has 0 aliphatic heterocycles. The number of thiol groups is 1. The minimum Gasteiger partial charge on any atom is -0.508 e. The lowest BCUT2D eigenvalue weighted by Gasteiger charge is -2.05. The van der Waals surface area contributed by atoms with Crippen LogP contribution < -0.4 is 5.73 Å². The Balaban J connectivity index is 2.35. The lowest BCUT2D eigenvalue weighted by molar-refractivity contribution is -0.111. The van der Waals surface area contributed by atoms with Crippen molar-refractivity contribution in [1.82, 2.24) is 4.98 Å². The van der Waals surface area contributed by atoms with Crippen LogP contribution in [0.5, 0.6) is 5.75 Å². The zero-order chi connectivity index (χ0) is 11.7. The van der Waals surface area contributed by atoms with Gasteiger partial charge in [0.25, 0.3) is 0 Å². The number of aromatic hydroxyl groups is 1. The van der Waals surface area contributed by atoms with E-state index in [0.717, 1.165) is 16.5 Å². The molecule has 16 heavy (non-hydrogen) atoms. The second-order valence-corrected chi connectivity index (χ2v) is 4.13. The highest BCUT2D eigenvalue weighted by Crippen LogP contribution is 2.23. The summed E-state index contributed by atoms with van der Waals surface area (Å²) in [6, 6.07) is 4.43. The lowest BCUT2D eigenvalue weighted by Crippen LogP contribution is -2.29. The molecular formula is C11H12N2O2S. The molecule has 4 nitrogen and oxygen atoms in total. The Morgan fingerprint density at radius 1 is 1.56 bits per heavy atom. The van der Waals surface area contributed by atoms with Gasteiger partial charge in [-0.15, -0.1) is 12.6 Å². The molecule has 0 bridgehead atoms. The third kappa shape index (κ3) is 2.05. The monoisotopic (exact) mass is 236 g/mol. The van der Waals surface area contributed by atoms with E-state index in [-0.39, 0.29) is 10.9 Å². The van der Waals surface area contributed by atoms with Crippen LogP contribution in [0.4, 0.5) is 0 Å². The van der Waals surface area contributed by atoms with E-state index in [9.17, 15) is 9.90 Å². The van der Waals surface area contributed by atoms with Crippen molar-refractivity contribution in [1.29, 1.82) is 0 Å². The molecule has 1 atom stereocenters. The highest BCUT2D eigenvalue weighted by molar-refractivity contribution is 7.96. The maximum Gasteiger partial charge on any atom is 0.202 e. The molecule has 0 aliphatic rings. The Bertz CT molecular complexity index is 536. The largest absolute Gasteiger partial charge is 0.508 e. The van der Waals surface area contributed by atoms with Crippen LogP contribution in [0.25, 0.3) is 10.9 Å². The first-order chi connectivity index (χ1) is 7.58. The quantitative estimate of drug-likeness (QED) is 0.605. The number of nitrogens with one attached hydrogen (secondary N) is 1. The Morgan fingerprint density at radius 3 is 3.00 bits per heavy atom. The van der Waals surface area contributed by atoms with Crippen LogP contribution in [-0.2, 0) is 11.2 Å². The molecule has 0 fully saturated rings. The fourth-order valence-corrected chi connectivity index (χ4v) is 1.76. The van der Waals surface area contributed by atoms with Gasteiger partial charge in [-0.25, -0.2) is 0 Å². The van der Waals surface area contributed by atoms with E-state index in [1.54, 1.807) is 24.4 Å². The predicted molar refractivity (Wildman–Crippen MR) is 65.6 cm³/mol. The summed E-state index contributed by atoms with van der Waals surface area (Å²) in [4.78, 5) is 14.0. The molecule has 2 aromatic rings. The molecule has 2 rings (SSSR count). The Labute approximate surface area is 97.9 Å². The lowest BCUT2D eigenvalue weighted by atomic mass is 10.1. The number of aromatic amines is 1. The van der Waals surface area contributed by atoms with Crippen LogP contribution in [0.15, 0.2) is 24.4 Å². The first-order valence-corrected chi connectivity index (χ1v) is 5.30. The van der Waals surface area contributed by atoms with Crippen molar-refractivity contribution in [2.24, 2.45) is 5.73 Å². The number of phenols is 1. The second kappa shape index (κ2) is 4.19. The number of hydrogen-bond acceptors (Lipinski definition) is 3. The fraction of sp³-hybridized carbons (Fsp3) is 0.182. The maximum atomic E-state index is 10.9. The van der Waals surface area contributed by atoms with Gasteiger partial charge in [-0.1, -0.05) is 0 Å². The van der Waals surface area contributed by atoms with Gasteiger partial charge in [0.05, 0.1) is 6.04 Å². The minimum atomic E-state index is -0.601. The van der Waals surface area contributed by atoms with E-state index in [2.05, 4.69) is 17.6 Å². The molecule has 0 radical (unpaired) electrons. The molecule has 84 valence electrons. The SMILES string of the molecule is N[C@@H](Cc1c[nH]c2cc(O)ccc12)C(=O)S. The van der Waals surface area contributed by atoms with Gasteiger partial charge >= 0.3 is 0 Å². The van der Waals surface area contributed by atoms with Crippen molar-refractivity contribution in [2.45, 2.75) is 12.5 Å². The number of aromatic nitrogens is 1. The molecule has 1 aromatic heterocycles. The molecule has 0 amide bonds. The number of H-pyrrole nitrogens is 1. The highest BCUT2D eigenvalue weighted by atomic mass is 32.1. The van der Waals surface area contributed by atoms with Crippen molar-refractivity contribution in [2.75, 3.05) is 0 Å². The third-order valence-corrected chi connectivity index (χ3v) is 2.84. The Hall–Kier alpha value is -1.46. The zero-order valence-corrected chi connectivity index (χ0v) is 9.37. The number of carbonyl (C=O) groups excluding carboxylic acids is 1. The second-order valence-electron chi connectivity index (χ2n) is 3.69. The van der Waals surface area contributed by atoms with Crippen LogP contribution in [0.1, 0.15) is 5.56 Å². The summed E-state index contributed by atoms with van der Waals surface area (Å²) in [6.07, 6.45) is 2.23. The van der Waals surface area contributed by atoms with E-state index in [4.69, 9.17) is 5.73 Å². The number of phenolic OH excluding ortho intramolecular Hbond substituents is 1. The van der Waals surface area contributed by atoms with Crippen LogP contribution in [0.2, 0.25) is 0 Å². The van der Waals surface area contributed by atoms with Crippen molar-refractivity contribution in [3.8, 4) is 5.75 Å². The van der Waals surface area contributed by atoms with Gasteiger partial charge in [0.2, 0.25) is 5.12 Å². The third-order valence-electron chi connectivity index (χ3n) is 2.51. The summed E-state index contributed by atoms with van der Waals surface area (Å²) in [5.41, 5.74) is 7.42. The first kappa shape index (κ1) is 11.0. The zero-order valence-electron chi connectivity index (χ0n) is 8.47. The number of rotatable bonds is 3. The van der Waals surface area contributed by atoms with Crippen molar-refractivity contribution in [3.63, 3.8) is 0 Å². The molecule has 0 saturated carbocycles. The van der Waals surface area contributed by atoms with Gasteiger partial charge in [-0.2, -0.15) is 0 Å². The van der Waals surface area contributed by atoms with E-state index in [0.29, 0.717) is 6.42 Å². The summed E-state index contributed by atoms with van der Waals surface area (Å²) >= 11 is 3.70. The molecule has 0 spiro atoms. The van der Waals surface area contributed by atoms with Gasteiger partial charge in [-0.05, 0) is 24.1 Å². The van der Waals surface area contributed by atoms with Crippen LogP contribution in [0.3, 0.4) is 0 Å². The van der Waals surface area contributed by atoms with Gasteiger partial charge < -0.3 is 15.8 Å². The molecule has 4 N–H and O–H groups in total. The van der Waals surface area contributed by atoms with Crippen molar-refractivity contribution >= 4 is 28.6 Å². The highest BCUT2D eigenvalue weighted by Gasteiger charge is 2.13. The molecule has 0 aliphatic carbocycles. The predicted octanol–water partition coefficient (Wildman–Crippen LogP) is 1.20. The average molecular weight is 236 g/mol. The Morgan fingerprint density at radius 2 is 2.31 bits per heavy atom.